The van der Waals surface area contributed by atoms with Crippen LogP contribution in [0, 0.1) is 0 Å². The molecule has 6 N–H and O–H groups in total. The topological polar surface area (TPSA) is 106 Å². The summed E-state index contributed by atoms with van der Waals surface area (Å²) in [5.41, 5.74) is 30.0. The van der Waals surface area contributed by atoms with Gasteiger partial charge in [0.05, 0.1) is 0 Å². The Hall–Kier alpha value is -6.87. The van der Waals surface area contributed by atoms with E-state index >= 15 is 0 Å². The first-order chi connectivity index (χ1) is 35.2. The molecule has 360 valence electrons. The van der Waals surface area contributed by atoms with Crippen molar-refractivity contribution in [3.05, 3.63) is 267 Å². The van der Waals surface area contributed by atoms with Crippen LogP contribution < -0.4 is 31.4 Å². The molecular weight excluding hydrogens is 953 g/mol. The second kappa shape index (κ2) is 21.1. The molecule has 12 rings (SSSR count). The van der Waals surface area contributed by atoms with Gasteiger partial charge in [-0.1, -0.05) is 217 Å². The lowest BCUT2D eigenvalue weighted by molar-refractivity contribution is 0.103. The molecule has 0 amide bonds. The van der Waals surface area contributed by atoms with Crippen molar-refractivity contribution in [3.8, 4) is 50.6 Å². The number of rotatable bonds is 9. The Labute approximate surface area is 436 Å². The Morgan fingerprint density at radius 3 is 0.750 bits per heavy atom. The third-order valence-electron chi connectivity index (χ3n) is 14.0. The SMILES string of the molecule is NCC1(c2ccccc2)Cc2c(ccc(Cl)c2-c2ccccc2)O1.NC[C@@]1(c2ccccc2)Cc2c(ccc(Cl)c2-c2ccccc2)O1.NC[C@]1(c2ccccc2)Cc2c(ccc(Cl)c2-c2ccccc2)O1. The fourth-order valence-electron chi connectivity index (χ4n) is 10.4. The van der Waals surface area contributed by atoms with Crippen LogP contribution in [-0.2, 0) is 36.1 Å². The minimum atomic E-state index is -0.530. The van der Waals surface area contributed by atoms with Crippen molar-refractivity contribution in [2.24, 2.45) is 17.2 Å². The van der Waals surface area contributed by atoms with Crippen LogP contribution in [0.2, 0.25) is 15.1 Å². The highest BCUT2D eigenvalue weighted by atomic mass is 35.5. The van der Waals surface area contributed by atoms with Crippen molar-refractivity contribution in [2.75, 3.05) is 19.6 Å². The number of nitrogens with two attached hydrogens (primary N) is 3. The monoisotopic (exact) mass is 1010 g/mol. The normalized spacial score (nSPS) is 18.9. The second-order valence-corrected chi connectivity index (χ2v) is 19.5. The second-order valence-electron chi connectivity index (χ2n) is 18.3. The van der Waals surface area contributed by atoms with E-state index in [9.17, 15) is 0 Å². The number of ether oxygens (including phenoxy) is 3. The van der Waals surface area contributed by atoms with Crippen LogP contribution in [0.4, 0.5) is 0 Å². The van der Waals surface area contributed by atoms with E-state index in [0.29, 0.717) is 38.9 Å². The maximum absolute atomic E-state index is 6.54. The molecule has 9 heteroatoms. The Kier molecular flexibility index (Phi) is 14.3. The van der Waals surface area contributed by atoms with Crippen LogP contribution in [0.25, 0.3) is 33.4 Å². The predicted molar refractivity (Wildman–Crippen MR) is 295 cm³/mol. The van der Waals surface area contributed by atoms with Gasteiger partial charge in [-0.05, 0) is 69.8 Å². The molecule has 9 aromatic rings. The summed E-state index contributed by atoms with van der Waals surface area (Å²) in [6, 6.07) is 72.7. The van der Waals surface area contributed by atoms with Crippen LogP contribution in [-0.4, -0.2) is 19.6 Å². The minimum absolute atomic E-state index is 0.414. The fraction of sp³-hybridized carbons (Fsp3) is 0.143. The molecule has 0 spiro atoms. The molecule has 9 aromatic carbocycles. The summed E-state index contributed by atoms with van der Waals surface area (Å²) in [5.74, 6) is 2.60. The average Bonchev–Trinajstić information content (AvgIpc) is 4.16. The number of benzene rings is 9. The van der Waals surface area contributed by atoms with Crippen molar-refractivity contribution in [1.29, 1.82) is 0 Å². The van der Waals surface area contributed by atoms with Crippen molar-refractivity contribution in [1.82, 2.24) is 0 Å². The summed E-state index contributed by atoms with van der Waals surface area (Å²) in [4.78, 5) is 0. The van der Waals surface area contributed by atoms with Crippen LogP contribution in [0.3, 0.4) is 0 Å². The van der Waals surface area contributed by atoms with Crippen molar-refractivity contribution >= 4 is 34.8 Å². The Bertz CT molecular complexity index is 2940. The zero-order chi connectivity index (χ0) is 49.7. The molecule has 72 heavy (non-hydrogen) atoms. The van der Waals surface area contributed by atoms with Crippen molar-refractivity contribution < 1.29 is 14.2 Å². The van der Waals surface area contributed by atoms with E-state index in [0.717, 1.165) is 99.1 Å². The lowest BCUT2D eigenvalue weighted by atomic mass is 9.86. The minimum Gasteiger partial charge on any atom is -0.481 e. The standard InChI is InChI=1S/3C21H18ClNO/c3*22-18-11-12-19-17(20(18)15-7-3-1-4-8-15)13-21(14-23,24-19)16-9-5-2-6-10-16/h3*1-12H,13-14,23H2/t2*21-;/m10./s1. The predicted octanol–water partition coefficient (Wildman–Crippen LogP) is 14.4. The molecule has 0 fully saturated rings. The highest BCUT2D eigenvalue weighted by Gasteiger charge is 2.44. The molecular formula is C63H54Cl3N3O3. The molecule has 6 nitrogen and oxygen atoms in total. The number of hydrogen-bond donors (Lipinski definition) is 3. The van der Waals surface area contributed by atoms with Gasteiger partial charge in [0, 0.05) is 87.3 Å². The van der Waals surface area contributed by atoms with Gasteiger partial charge in [-0.3, -0.25) is 0 Å². The molecule has 3 aliphatic heterocycles. The van der Waals surface area contributed by atoms with Gasteiger partial charge in [-0.15, -0.1) is 0 Å². The van der Waals surface area contributed by atoms with Crippen molar-refractivity contribution in [3.63, 3.8) is 0 Å². The molecule has 3 heterocycles. The van der Waals surface area contributed by atoms with Gasteiger partial charge in [-0.25, -0.2) is 0 Å². The lowest BCUT2D eigenvalue weighted by Crippen LogP contribution is -2.39. The molecule has 1 unspecified atom stereocenters. The molecule has 0 aliphatic carbocycles. The lowest BCUT2D eigenvalue weighted by Gasteiger charge is -2.27. The molecule has 0 bridgehead atoms. The fourth-order valence-corrected chi connectivity index (χ4v) is 11.2. The summed E-state index contributed by atoms with van der Waals surface area (Å²) in [6.07, 6.45) is 2.15. The summed E-state index contributed by atoms with van der Waals surface area (Å²) >= 11 is 19.6. The van der Waals surface area contributed by atoms with Gasteiger partial charge >= 0.3 is 0 Å². The third-order valence-corrected chi connectivity index (χ3v) is 15.0. The summed E-state index contributed by atoms with van der Waals surface area (Å²) < 4.78 is 19.1. The molecule has 0 saturated carbocycles. The van der Waals surface area contributed by atoms with Crippen LogP contribution in [0.1, 0.15) is 33.4 Å². The zero-order valence-corrected chi connectivity index (χ0v) is 41.9. The first-order valence-corrected chi connectivity index (χ1v) is 25.3. The molecule has 0 aromatic heterocycles. The zero-order valence-electron chi connectivity index (χ0n) is 39.6. The average molecular weight is 1010 g/mol. The maximum Gasteiger partial charge on any atom is 0.150 e. The van der Waals surface area contributed by atoms with E-state index in [-0.39, 0.29) is 0 Å². The number of fused-ring (bicyclic) bond motifs is 3. The van der Waals surface area contributed by atoms with Crippen LogP contribution in [0.15, 0.2) is 218 Å². The van der Waals surface area contributed by atoms with E-state index in [1.165, 1.54) is 0 Å². The van der Waals surface area contributed by atoms with Crippen LogP contribution >= 0.6 is 34.8 Å². The Morgan fingerprint density at radius 2 is 0.528 bits per heavy atom. The van der Waals surface area contributed by atoms with Crippen molar-refractivity contribution in [2.45, 2.75) is 36.1 Å². The van der Waals surface area contributed by atoms with Crippen LogP contribution in [0.5, 0.6) is 17.2 Å². The first-order valence-electron chi connectivity index (χ1n) is 24.1. The summed E-state index contributed by atoms with van der Waals surface area (Å²) in [5, 5.41) is 2.22. The van der Waals surface area contributed by atoms with Gasteiger partial charge in [0.2, 0.25) is 0 Å². The Balaban J connectivity index is 0.000000124. The van der Waals surface area contributed by atoms with Gasteiger partial charge in [-0.2, -0.15) is 0 Å². The first kappa shape index (κ1) is 48.7. The van der Waals surface area contributed by atoms with Gasteiger partial charge in [0.15, 0.2) is 16.8 Å². The van der Waals surface area contributed by atoms with Gasteiger partial charge in [0.1, 0.15) is 17.2 Å². The summed E-state index contributed by atoms with van der Waals surface area (Å²) in [6.45, 7) is 1.24. The highest BCUT2D eigenvalue weighted by molar-refractivity contribution is 6.34. The largest absolute Gasteiger partial charge is 0.481 e. The molecule has 3 aliphatic rings. The number of hydrogen-bond acceptors (Lipinski definition) is 6. The quantitative estimate of drug-likeness (QED) is 0.133. The Morgan fingerprint density at radius 1 is 0.306 bits per heavy atom. The van der Waals surface area contributed by atoms with E-state index in [4.69, 9.17) is 66.2 Å². The highest BCUT2D eigenvalue weighted by Crippen LogP contribution is 2.50. The summed E-state index contributed by atoms with van der Waals surface area (Å²) in [7, 11) is 0. The van der Waals surface area contributed by atoms with E-state index < -0.39 is 16.8 Å². The molecule has 0 radical (unpaired) electrons. The van der Waals surface area contributed by atoms with Gasteiger partial charge in [0.25, 0.3) is 0 Å². The van der Waals surface area contributed by atoms with Gasteiger partial charge < -0.3 is 31.4 Å². The maximum atomic E-state index is 6.54. The van der Waals surface area contributed by atoms with E-state index in [1.807, 2.05) is 146 Å². The van der Waals surface area contributed by atoms with E-state index in [2.05, 4.69) is 72.8 Å². The molecule has 3 atom stereocenters. The smallest absolute Gasteiger partial charge is 0.150 e. The molecule has 0 saturated heterocycles. The number of halogens is 3. The third kappa shape index (κ3) is 9.39. The van der Waals surface area contributed by atoms with E-state index in [1.54, 1.807) is 0 Å².